The number of ether oxygens (including phenoxy) is 1. The first-order valence-electron chi connectivity index (χ1n) is 3.89. The van der Waals surface area contributed by atoms with Crippen LogP contribution in [-0.4, -0.2) is 37.6 Å². The van der Waals surface area contributed by atoms with Crippen molar-refractivity contribution in [3.05, 3.63) is 0 Å². The Kier molecular flexibility index (Phi) is 6.02. The van der Waals surface area contributed by atoms with Crippen molar-refractivity contribution in [3.8, 4) is 6.07 Å². The molecule has 12 heavy (non-hydrogen) atoms. The van der Waals surface area contributed by atoms with Crippen LogP contribution in [0, 0.1) is 11.3 Å². The summed E-state index contributed by atoms with van der Waals surface area (Å²) in [4.78, 5) is 12.7. The van der Waals surface area contributed by atoms with Gasteiger partial charge in [-0.3, -0.25) is 4.79 Å². The summed E-state index contributed by atoms with van der Waals surface area (Å²) in [5.41, 5.74) is 0. The van der Waals surface area contributed by atoms with E-state index in [-0.39, 0.29) is 12.5 Å². The third kappa shape index (κ3) is 3.94. The monoisotopic (exact) mass is 170 g/mol. The number of hydrogen-bond donors (Lipinski definition) is 0. The second-order valence-corrected chi connectivity index (χ2v) is 2.31. The van der Waals surface area contributed by atoms with Gasteiger partial charge in [-0.25, -0.2) is 0 Å². The van der Waals surface area contributed by atoms with E-state index in [0.29, 0.717) is 19.6 Å². The second kappa shape index (κ2) is 6.62. The first-order chi connectivity index (χ1) is 5.76. The SMILES string of the molecule is CCN(CC#N)C(=O)CCOC. The third-order valence-electron chi connectivity index (χ3n) is 1.52. The summed E-state index contributed by atoms with van der Waals surface area (Å²) < 4.78 is 4.75. The lowest BCUT2D eigenvalue weighted by Gasteiger charge is -2.16. The van der Waals surface area contributed by atoms with Gasteiger partial charge in [0.2, 0.25) is 5.91 Å². The minimum atomic E-state index is -0.0269. The molecule has 4 heteroatoms. The highest BCUT2D eigenvalue weighted by Gasteiger charge is 2.09. The van der Waals surface area contributed by atoms with Gasteiger partial charge < -0.3 is 9.64 Å². The van der Waals surface area contributed by atoms with Crippen LogP contribution in [0.5, 0.6) is 0 Å². The molecule has 0 aromatic rings. The molecule has 0 bridgehead atoms. The molecule has 0 unspecified atom stereocenters. The van der Waals surface area contributed by atoms with Gasteiger partial charge in [-0.1, -0.05) is 0 Å². The number of nitrogens with zero attached hydrogens (tertiary/aromatic N) is 2. The summed E-state index contributed by atoms with van der Waals surface area (Å²) in [5.74, 6) is -0.0269. The molecule has 0 fully saturated rings. The molecule has 0 spiro atoms. The maximum absolute atomic E-state index is 11.2. The Morgan fingerprint density at radius 2 is 2.33 bits per heavy atom. The molecule has 0 radical (unpaired) electrons. The van der Waals surface area contributed by atoms with E-state index in [2.05, 4.69) is 0 Å². The summed E-state index contributed by atoms with van der Waals surface area (Å²) >= 11 is 0. The van der Waals surface area contributed by atoms with Crippen LogP contribution in [-0.2, 0) is 9.53 Å². The molecule has 1 amide bonds. The number of carbonyl (C=O) groups is 1. The molecule has 68 valence electrons. The highest BCUT2D eigenvalue weighted by Crippen LogP contribution is 1.93. The summed E-state index contributed by atoms with van der Waals surface area (Å²) in [6, 6.07) is 1.94. The summed E-state index contributed by atoms with van der Waals surface area (Å²) in [5, 5.41) is 8.37. The quantitative estimate of drug-likeness (QED) is 0.561. The van der Waals surface area contributed by atoms with Gasteiger partial charge in [0, 0.05) is 13.7 Å². The van der Waals surface area contributed by atoms with Crippen molar-refractivity contribution in [3.63, 3.8) is 0 Å². The molecule has 0 saturated carbocycles. The first kappa shape index (κ1) is 10.9. The van der Waals surface area contributed by atoms with E-state index in [1.807, 2.05) is 13.0 Å². The van der Waals surface area contributed by atoms with Crippen LogP contribution in [0.3, 0.4) is 0 Å². The van der Waals surface area contributed by atoms with Crippen molar-refractivity contribution in [2.24, 2.45) is 0 Å². The number of methoxy groups -OCH3 is 1. The predicted molar refractivity (Wildman–Crippen MR) is 44.4 cm³/mol. The minimum absolute atomic E-state index is 0.0269. The molecule has 0 aliphatic rings. The highest BCUT2D eigenvalue weighted by molar-refractivity contribution is 5.76. The van der Waals surface area contributed by atoms with Crippen LogP contribution in [0.15, 0.2) is 0 Å². The van der Waals surface area contributed by atoms with E-state index >= 15 is 0 Å². The Bertz CT molecular complexity index is 174. The lowest BCUT2D eigenvalue weighted by Crippen LogP contribution is -2.31. The fourth-order valence-electron chi connectivity index (χ4n) is 0.809. The van der Waals surface area contributed by atoms with E-state index in [0.717, 1.165) is 0 Å². The average Bonchev–Trinajstić information content (AvgIpc) is 2.10. The Morgan fingerprint density at radius 3 is 2.75 bits per heavy atom. The van der Waals surface area contributed by atoms with Gasteiger partial charge in [-0.05, 0) is 6.92 Å². The van der Waals surface area contributed by atoms with Gasteiger partial charge in [0.25, 0.3) is 0 Å². The standard InChI is InChI=1S/C8H14N2O2/c1-3-10(6-5-9)8(11)4-7-12-2/h3-4,6-7H2,1-2H3. The zero-order valence-corrected chi connectivity index (χ0v) is 7.54. The van der Waals surface area contributed by atoms with Crippen molar-refractivity contribution in [2.75, 3.05) is 26.8 Å². The fraction of sp³-hybridized carbons (Fsp3) is 0.750. The minimum Gasteiger partial charge on any atom is -0.384 e. The maximum Gasteiger partial charge on any atom is 0.225 e. The van der Waals surface area contributed by atoms with Gasteiger partial charge in [-0.15, -0.1) is 0 Å². The molecule has 0 atom stereocenters. The van der Waals surface area contributed by atoms with E-state index in [9.17, 15) is 4.79 Å². The zero-order valence-electron chi connectivity index (χ0n) is 7.54. The number of hydrogen-bond acceptors (Lipinski definition) is 3. The molecule has 0 aliphatic carbocycles. The topological polar surface area (TPSA) is 53.3 Å². The van der Waals surface area contributed by atoms with Crippen LogP contribution in [0.25, 0.3) is 0 Å². The molecular formula is C8H14N2O2. The summed E-state index contributed by atoms with van der Waals surface area (Å²) in [7, 11) is 1.55. The lowest BCUT2D eigenvalue weighted by molar-refractivity contribution is -0.131. The van der Waals surface area contributed by atoms with Gasteiger partial charge in [-0.2, -0.15) is 5.26 Å². The molecule has 0 rings (SSSR count). The molecule has 0 heterocycles. The zero-order chi connectivity index (χ0) is 9.40. The summed E-state index contributed by atoms with van der Waals surface area (Å²) in [6.07, 6.45) is 0.353. The van der Waals surface area contributed by atoms with Crippen molar-refractivity contribution in [2.45, 2.75) is 13.3 Å². The van der Waals surface area contributed by atoms with Crippen molar-refractivity contribution < 1.29 is 9.53 Å². The van der Waals surface area contributed by atoms with Gasteiger partial charge >= 0.3 is 0 Å². The van der Waals surface area contributed by atoms with E-state index in [1.54, 1.807) is 7.11 Å². The average molecular weight is 170 g/mol. The van der Waals surface area contributed by atoms with Crippen LogP contribution in [0.1, 0.15) is 13.3 Å². The second-order valence-electron chi connectivity index (χ2n) is 2.31. The maximum atomic E-state index is 11.2. The largest absolute Gasteiger partial charge is 0.384 e. The first-order valence-corrected chi connectivity index (χ1v) is 3.89. The molecule has 0 aromatic carbocycles. The van der Waals surface area contributed by atoms with Gasteiger partial charge in [0.15, 0.2) is 0 Å². The van der Waals surface area contributed by atoms with Gasteiger partial charge in [0.1, 0.15) is 6.54 Å². The van der Waals surface area contributed by atoms with Crippen molar-refractivity contribution >= 4 is 5.91 Å². The van der Waals surface area contributed by atoms with Crippen molar-refractivity contribution in [1.29, 1.82) is 5.26 Å². The number of amides is 1. The highest BCUT2D eigenvalue weighted by atomic mass is 16.5. The van der Waals surface area contributed by atoms with Crippen LogP contribution >= 0.6 is 0 Å². The van der Waals surface area contributed by atoms with Crippen molar-refractivity contribution in [1.82, 2.24) is 4.90 Å². The summed E-state index contributed by atoms with van der Waals surface area (Å²) in [6.45, 7) is 3.01. The fourth-order valence-corrected chi connectivity index (χ4v) is 0.809. The van der Waals surface area contributed by atoms with E-state index in [1.165, 1.54) is 4.90 Å². The number of nitriles is 1. The Balaban J connectivity index is 3.79. The van der Waals surface area contributed by atoms with E-state index in [4.69, 9.17) is 10.00 Å². The Morgan fingerprint density at radius 1 is 1.67 bits per heavy atom. The number of rotatable bonds is 5. The molecule has 4 nitrogen and oxygen atoms in total. The smallest absolute Gasteiger partial charge is 0.225 e. The lowest BCUT2D eigenvalue weighted by atomic mass is 10.3. The Hall–Kier alpha value is -1.08. The van der Waals surface area contributed by atoms with Gasteiger partial charge in [0.05, 0.1) is 19.1 Å². The van der Waals surface area contributed by atoms with E-state index < -0.39 is 0 Å². The normalized spacial score (nSPS) is 9.08. The molecule has 0 N–H and O–H groups in total. The molecular weight excluding hydrogens is 156 g/mol. The van der Waals surface area contributed by atoms with Crippen LogP contribution in [0.2, 0.25) is 0 Å². The molecule has 0 aromatic heterocycles. The predicted octanol–water partition coefficient (Wildman–Crippen LogP) is 0.395. The molecule has 0 aliphatic heterocycles. The third-order valence-corrected chi connectivity index (χ3v) is 1.52. The van der Waals surface area contributed by atoms with Crippen LogP contribution < -0.4 is 0 Å². The Labute approximate surface area is 72.7 Å². The number of carbonyl (C=O) groups excluding carboxylic acids is 1. The van der Waals surface area contributed by atoms with Crippen LogP contribution in [0.4, 0.5) is 0 Å². The molecule has 0 saturated heterocycles.